The van der Waals surface area contributed by atoms with Gasteiger partial charge in [-0.05, 0) is 31.0 Å². The van der Waals surface area contributed by atoms with Gasteiger partial charge in [0.05, 0.1) is 12.2 Å². The maximum Gasteiger partial charge on any atom is 0.119 e. The van der Waals surface area contributed by atoms with Crippen molar-refractivity contribution < 1.29 is 14.9 Å². The molecule has 1 unspecified atom stereocenters. The molecule has 1 aromatic carbocycles. The van der Waals surface area contributed by atoms with Crippen LogP contribution in [0.25, 0.3) is 0 Å². The van der Waals surface area contributed by atoms with E-state index in [1.54, 1.807) is 31.2 Å². The Balaban J connectivity index is 2.51. The molecule has 0 aliphatic rings. The van der Waals surface area contributed by atoms with Gasteiger partial charge in [0, 0.05) is 0 Å². The molecule has 0 spiro atoms. The van der Waals surface area contributed by atoms with Gasteiger partial charge in [-0.25, -0.2) is 0 Å². The van der Waals surface area contributed by atoms with Crippen LogP contribution in [0.4, 0.5) is 0 Å². The van der Waals surface area contributed by atoms with Crippen molar-refractivity contribution in [3.05, 3.63) is 29.8 Å². The third-order valence-corrected chi connectivity index (χ3v) is 2.42. The highest BCUT2D eigenvalue weighted by atomic mass is 16.5. The van der Waals surface area contributed by atoms with Gasteiger partial charge >= 0.3 is 0 Å². The molecule has 0 aliphatic carbocycles. The quantitative estimate of drug-likeness (QED) is 0.778. The molecule has 1 aromatic rings. The Morgan fingerprint density at radius 1 is 1.27 bits per heavy atom. The van der Waals surface area contributed by atoms with Crippen LogP contribution < -0.4 is 4.74 Å². The summed E-state index contributed by atoms with van der Waals surface area (Å²) in [5.41, 5.74) is 0.0694. The van der Waals surface area contributed by atoms with Crippen molar-refractivity contribution in [1.82, 2.24) is 0 Å². The fraction of sp³-hybridized carbons (Fsp3) is 0.500. The van der Waals surface area contributed by atoms with Crippen LogP contribution in [0.1, 0.15) is 25.8 Å². The normalized spacial score (nSPS) is 14.7. The first-order valence-electron chi connectivity index (χ1n) is 5.12. The SMILES string of the molecule is CCC(C)(O)COc1ccc(CO)cc1. The summed E-state index contributed by atoms with van der Waals surface area (Å²) in [6.07, 6.45) is 0.654. The lowest BCUT2D eigenvalue weighted by atomic mass is 10.1. The molecular weight excluding hydrogens is 192 g/mol. The van der Waals surface area contributed by atoms with Crippen molar-refractivity contribution in [3.8, 4) is 5.75 Å². The van der Waals surface area contributed by atoms with Gasteiger partial charge in [-0.3, -0.25) is 0 Å². The van der Waals surface area contributed by atoms with E-state index in [1.807, 2.05) is 6.92 Å². The van der Waals surface area contributed by atoms with E-state index in [2.05, 4.69) is 0 Å². The van der Waals surface area contributed by atoms with Gasteiger partial charge in [0.2, 0.25) is 0 Å². The summed E-state index contributed by atoms with van der Waals surface area (Å²) >= 11 is 0. The Bertz CT molecular complexity index is 290. The van der Waals surface area contributed by atoms with Gasteiger partial charge in [-0.1, -0.05) is 19.1 Å². The van der Waals surface area contributed by atoms with Crippen LogP contribution in [-0.2, 0) is 6.61 Å². The second kappa shape index (κ2) is 5.14. The Labute approximate surface area is 90.3 Å². The maximum atomic E-state index is 9.72. The van der Waals surface area contributed by atoms with Gasteiger partial charge in [0.25, 0.3) is 0 Å². The summed E-state index contributed by atoms with van der Waals surface area (Å²) in [7, 11) is 0. The van der Waals surface area contributed by atoms with E-state index < -0.39 is 5.60 Å². The summed E-state index contributed by atoms with van der Waals surface area (Å²) < 4.78 is 5.43. The second-order valence-corrected chi connectivity index (χ2v) is 3.94. The van der Waals surface area contributed by atoms with Crippen molar-refractivity contribution in [2.45, 2.75) is 32.5 Å². The standard InChI is InChI=1S/C12H18O3/c1-3-12(2,14)9-15-11-6-4-10(8-13)5-7-11/h4-7,13-14H,3,8-9H2,1-2H3. The number of hydrogen-bond acceptors (Lipinski definition) is 3. The zero-order valence-corrected chi connectivity index (χ0v) is 9.23. The lowest BCUT2D eigenvalue weighted by molar-refractivity contribution is 0.00846. The Hall–Kier alpha value is -1.06. The smallest absolute Gasteiger partial charge is 0.119 e. The molecule has 15 heavy (non-hydrogen) atoms. The second-order valence-electron chi connectivity index (χ2n) is 3.94. The van der Waals surface area contributed by atoms with E-state index in [4.69, 9.17) is 9.84 Å². The zero-order chi connectivity index (χ0) is 11.3. The topological polar surface area (TPSA) is 49.7 Å². The molecule has 0 saturated carbocycles. The van der Waals surface area contributed by atoms with Gasteiger partial charge in [-0.2, -0.15) is 0 Å². The molecule has 0 bridgehead atoms. The largest absolute Gasteiger partial charge is 0.491 e. The molecule has 0 amide bonds. The van der Waals surface area contributed by atoms with Gasteiger partial charge in [0.15, 0.2) is 0 Å². The van der Waals surface area contributed by atoms with E-state index in [1.165, 1.54) is 0 Å². The molecule has 84 valence electrons. The van der Waals surface area contributed by atoms with Crippen molar-refractivity contribution in [3.63, 3.8) is 0 Å². The minimum absolute atomic E-state index is 0.0347. The summed E-state index contributed by atoms with van der Waals surface area (Å²) in [6.45, 7) is 3.97. The van der Waals surface area contributed by atoms with Crippen molar-refractivity contribution in [2.24, 2.45) is 0 Å². The number of ether oxygens (including phenoxy) is 1. The Morgan fingerprint density at radius 3 is 2.33 bits per heavy atom. The summed E-state index contributed by atoms with van der Waals surface area (Å²) in [6, 6.07) is 7.18. The number of aliphatic hydroxyl groups is 2. The number of hydrogen-bond donors (Lipinski definition) is 2. The molecule has 0 fully saturated rings. The number of rotatable bonds is 5. The lowest BCUT2D eigenvalue weighted by Crippen LogP contribution is -2.31. The molecule has 1 atom stereocenters. The van der Waals surface area contributed by atoms with Gasteiger partial charge in [0.1, 0.15) is 12.4 Å². The average Bonchev–Trinajstić information content (AvgIpc) is 2.27. The molecule has 0 heterocycles. The molecule has 3 nitrogen and oxygen atoms in total. The predicted molar refractivity (Wildman–Crippen MR) is 58.8 cm³/mol. The van der Waals surface area contributed by atoms with Crippen LogP contribution in [-0.4, -0.2) is 22.4 Å². The minimum atomic E-state index is -0.782. The Kier molecular flexibility index (Phi) is 4.12. The van der Waals surface area contributed by atoms with Crippen LogP contribution in [0.3, 0.4) is 0 Å². The monoisotopic (exact) mass is 210 g/mol. The third kappa shape index (κ3) is 3.90. The highest BCUT2D eigenvalue weighted by Gasteiger charge is 2.18. The van der Waals surface area contributed by atoms with Crippen LogP contribution in [0, 0.1) is 0 Å². The highest BCUT2D eigenvalue weighted by molar-refractivity contribution is 5.26. The molecule has 0 aliphatic heterocycles. The zero-order valence-electron chi connectivity index (χ0n) is 9.23. The van der Waals surface area contributed by atoms with Gasteiger partial charge < -0.3 is 14.9 Å². The summed E-state index contributed by atoms with van der Waals surface area (Å²) in [5.74, 6) is 0.709. The van der Waals surface area contributed by atoms with E-state index in [0.717, 1.165) is 5.56 Å². The van der Waals surface area contributed by atoms with Crippen LogP contribution >= 0.6 is 0 Å². The van der Waals surface area contributed by atoms with E-state index in [-0.39, 0.29) is 13.2 Å². The van der Waals surface area contributed by atoms with E-state index in [0.29, 0.717) is 12.2 Å². The molecule has 3 heteroatoms. The van der Waals surface area contributed by atoms with Crippen LogP contribution in [0.15, 0.2) is 24.3 Å². The minimum Gasteiger partial charge on any atom is -0.491 e. The predicted octanol–water partition coefficient (Wildman–Crippen LogP) is 1.72. The van der Waals surface area contributed by atoms with E-state index >= 15 is 0 Å². The molecule has 2 N–H and O–H groups in total. The van der Waals surface area contributed by atoms with E-state index in [9.17, 15) is 5.11 Å². The van der Waals surface area contributed by atoms with Crippen molar-refractivity contribution in [2.75, 3.05) is 6.61 Å². The summed E-state index contributed by atoms with van der Waals surface area (Å²) in [5, 5.41) is 18.6. The molecule has 0 radical (unpaired) electrons. The first-order chi connectivity index (χ1) is 7.07. The molecular formula is C12H18O3. The third-order valence-electron chi connectivity index (χ3n) is 2.42. The first-order valence-corrected chi connectivity index (χ1v) is 5.12. The summed E-state index contributed by atoms with van der Waals surface area (Å²) in [4.78, 5) is 0. The Morgan fingerprint density at radius 2 is 1.87 bits per heavy atom. The first kappa shape index (κ1) is 12.0. The van der Waals surface area contributed by atoms with Crippen LogP contribution in [0.2, 0.25) is 0 Å². The maximum absolute atomic E-state index is 9.72. The van der Waals surface area contributed by atoms with Crippen LogP contribution in [0.5, 0.6) is 5.75 Å². The fourth-order valence-corrected chi connectivity index (χ4v) is 1.03. The fourth-order valence-electron chi connectivity index (χ4n) is 1.03. The van der Waals surface area contributed by atoms with Crippen molar-refractivity contribution >= 4 is 0 Å². The average molecular weight is 210 g/mol. The molecule has 1 rings (SSSR count). The van der Waals surface area contributed by atoms with Crippen molar-refractivity contribution in [1.29, 1.82) is 0 Å². The highest BCUT2D eigenvalue weighted by Crippen LogP contribution is 2.15. The molecule has 0 saturated heterocycles. The van der Waals surface area contributed by atoms with Gasteiger partial charge in [-0.15, -0.1) is 0 Å². The lowest BCUT2D eigenvalue weighted by Gasteiger charge is -2.21. The molecule has 0 aromatic heterocycles. The number of benzene rings is 1. The number of aliphatic hydroxyl groups excluding tert-OH is 1.